The van der Waals surface area contributed by atoms with Gasteiger partial charge in [0.25, 0.3) is 5.91 Å². The van der Waals surface area contributed by atoms with Gasteiger partial charge in [-0.3, -0.25) is 9.69 Å². The first-order chi connectivity index (χ1) is 10.6. The molecule has 0 bridgehead atoms. The number of amides is 1. The van der Waals surface area contributed by atoms with Crippen molar-refractivity contribution in [2.45, 2.75) is 0 Å². The number of hydrogen-bond acceptors (Lipinski definition) is 3. The van der Waals surface area contributed by atoms with Crippen molar-refractivity contribution in [1.82, 2.24) is 0 Å². The van der Waals surface area contributed by atoms with Crippen LogP contribution >= 0.6 is 39.9 Å². The van der Waals surface area contributed by atoms with Crippen LogP contribution in [0.2, 0.25) is 0 Å². The largest absolute Gasteiger partial charge is 0.270 e. The molecule has 0 radical (unpaired) electrons. The lowest BCUT2D eigenvalue weighted by molar-refractivity contribution is -0.113. The van der Waals surface area contributed by atoms with Gasteiger partial charge in [0.2, 0.25) is 0 Å². The first kappa shape index (κ1) is 15.4. The molecule has 6 heteroatoms. The van der Waals surface area contributed by atoms with Crippen LogP contribution in [0.4, 0.5) is 10.1 Å². The van der Waals surface area contributed by atoms with Crippen molar-refractivity contribution >= 4 is 61.9 Å². The number of para-hydroxylation sites is 1. The van der Waals surface area contributed by atoms with Crippen molar-refractivity contribution in [3.8, 4) is 0 Å². The number of thioether (sulfide) groups is 1. The summed E-state index contributed by atoms with van der Waals surface area (Å²) in [5, 5.41) is 0. The van der Waals surface area contributed by atoms with Crippen LogP contribution in [0.5, 0.6) is 0 Å². The van der Waals surface area contributed by atoms with Crippen molar-refractivity contribution < 1.29 is 9.18 Å². The summed E-state index contributed by atoms with van der Waals surface area (Å²) in [4.78, 5) is 14.6. The fourth-order valence-corrected chi connectivity index (χ4v) is 3.80. The average molecular weight is 394 g/mol. The average Bonchev–Trinajstić information content (AvgIpc) is 2.74. The van der Waals surface area contributed by atoms with E-state index in [9.17, 15) is 9.18 Å². The summed E-state index contributed by atoms with van der Waals surface area (Å²) in [6.07, 6.45) is 1.65. The highest BCUT2D eigenvalue weighted by Crippen LogP contribution is 2.38. The summed E-state index contributed by atoms with van der Waals surface area (Å²) >= 11 is 9.95. The zero-order valence-electron chi connectivity index (χ0n) is 11.1. The fraction of sp³-hybridized carbons (Fsp3) is 0. The van der Waals surface area contributed by atoms with Gasteiger partial charge in [0.15, 0.2) is 4.32 Å². The van der Waals surface area contributed by atoms with Gasteiger partial charge in [0.05, 0.1) is 10.6 Å². The van der Waals surface area contributed by atoms with Gasteiger partial charge in [0.1, 0.15) is 5.82 Å². The molecule has 22 heavy (non-hydrogen) atoms. The van der Waals surface area contributed by atoms with Crippen LogP contribution < -0.4 is 4.90 Å². The molecule has 3 rings (SSSR count). The number of halogens is 2. The maximum Gasteiger partial charge on any atom is 0.270 e. The number of carbonyl (C=O) groups is 1. The Morgan fingerprint density at radius 2 is 1.95 bits per heavy atom. The van der Waals surface area contributed by atoms with Crippen LogP contribution in [0.25, 0.3) is 6.08 Å². The Kier molecular flexibility index (Phi) is 4.42. The van der Waals surface area contributed by atoms with Crippen molar-refractivity contribution in [2.24, 2.45) is 0 Å². The zero-order chi connectivity index (χ0) is 15.7. The molecular formula is C16H9BrFNOS2. The predicted octanol–water partition coefficient (Wildman–Crippen LogP) is 4.99. The second-order valence-electron chi connectivity index (χ2n) is 4.52. The molecule has 1 aliphatic heterocycles. The summed E-state index contributed by atoms with van der Waals surface area (Å²) < 4.78 is 14.5. The third-order valence-corrected chi connectivity index (χ3v) is 5.01. The highest BCUT2D eigenvalue weighted by Gasteiger charge is 2.34. The van der Waals surface area contributed by atoms with Gasteiger partial charge in [-0.2, -0.15) is 0 Å². The van der Waals surface area contributed by atoms with E-state index in [2.05, 4.69) is 15.9 Å². The van der Waals surface area contributed by atoms with E-state index in [0.717, 1.165) is 4.47 Å². The molecule has 0 spiro atoms. The molecule has 2 nitrogen and oxygen atoms in total. The lowest BCUT2D eigenvalue weighted by atomic mass is 10.2. The van der Waals surface area contributed by atoms with E-state index in [-0.39, 0.29) is 11.7 Å². The van der Waals surface area contributed by atoms with E-state index < -0.39 is 0 Å². The van der Waals surface area contributed by atoms with Gasteiger partial charge in [-0.25, -0.2) is 4.39 Å². The fourth-order valence-electron chi connectivity index (χ4n) is 2.06. The van der Waals surface area contributed by atoms with Crippen LogP contribution in [-0.2, 0) is 4.79 Å². The monoisotopic (exact) mass is 393 g/mol. The molecule has 2 aromatic rings. The van der Waals surface area contributed by atoms with Gasteiger partial charge in [-0.15, -0.1) is 0 Å². The topological polar surface area (TPSA) is 20.3 Å². The third-order valence-electron chi connectivity index (χ3n) is 3.03. The minimum atomic E-state index is -0.338. The maximum absolute atomic E-state index is 13.2. The third kappa shape index (κ3) is 2.99. The van der Waals surface area contributed by atoms with Crippen LogP contribution in [0.3, 0.4) is 0 Å². The number of nitrogens with zero attached hydrogens (tertiary/aromatic N) is 1. The standard InChI is InChI=1S/C16H9BrFNOS2/c17-12-6-1-2-7-13(12)19-15(20)14(22-16(19)21)9-10-4-3-5-11(18)8-10/h1-9H/b14-9-. The van der Waals surface area contributed by atoms with Crippen molar-refractivity contribution in [3.63, 3.8) is 0 Å². The number of carbonyl (C=O) groups excluding carboxylic acids is 1. The maximum atomic E-state index is 13.2. The molecule has 2 aromatic carbocycles. The Hall–Kier alpha value is -1.50. The summed E-state index contributed by atoms with van der Waals surface area (Å²) in [6, 6.07) is 13.5. The van der Waals surface area contributed by atoms with Gasteiger partial charge >= 0.3 is 0 Å². The molecular weight excluding hydrogens is 385 g/mol. The Balaban J connectivity index is 1.97. The lowest BCUT2D eigenvalue weighted by Gasteiger charge is -2.15. The zero-order valence-corrected chi connectivity index (χ0v) is 14.3. The molecule has 1 aliphatic rings. The molecule has 1 saturated heterocycles. The summed E-state index contributed by atoms with van der Waals surface area (Å²) in [5.74, 6) is -0.541. The number of rotatable bonds is 2. The Morgan fingerprint density at radius 1 is 1.18 bits per heavy atom. The van der Waals surface area contributed by atoms with Crippen LogP contribution in [0.1, 0.15) is 5.56 Å². The summed E-state index contributed by atoms with van der Waals surface area (Å²) in [7, 11) is 0. The Morgan fingerprint density at radius 3 is 2.68 bits per heavy atom. The summed E-state index contributed by atoms with van der Waals surface area (Å²) in [5.41, 5.74) is 1.33. The number of thiocarbonyl (C=S) groups is 1. The normalized spacial score (nSPS) is 16.6. The molecule has 0 N–H and O–H groups in total. The van der Waals surface area contributed by atoms with Crippen molar-refractivity contribution in [2.75, 3.05) is 4.90 Å². The van der Waals surface area contributed by atoms with Gasteiger partial charge in [-0.1, -0.05) is 48.2 Å². The molecule has 1 fully saturated rings. The Labute approximate surface area is 145 Å². The van der Waals surface area contributed by atoms with Crippen molar-refractivity contribution in [3.05, 3.63) is 69.3 Å². The minimum absolute atomic E-state index is 0.203. The minimum Gasteiger partial charge on any atom is -0.268 e. The van der Waals surface area contributed by atoms with E-state index in [1.807, 2.05) is 24.3 Å². The smallest absolute Gasteiger partial charge is 0.268 e. The second kappa shape index (κ2) is 6.32. The molecule has 1 heterocycles. The van der Waals surface area contributed by atoms with Gasteiger partial charge in [0, 0.05) is 4.47 Å². The van der Waals surface area contributed by atoms with E-state index in [1.54, 1.807) is 18.2 Å². The van der Waals surface area contributed by atoms with Crippen LogP contribution in [0.15, 0.2) is 57.9 Å². The first-order valence-corrected chi connectivity index (χ1v) is 8.36. The van der Waals surface area contributed by atoms with Gasteiger partial charge in [-0.05, 0) is 51.8 Å². The molecule has 0 atom stereocenters. The number of hydrogen-bond donors (Lipinski definition) is 0. The van der Waals surface area contributed by atoms with Gasteiger partial charge < -0.3 is 0 Å². The lowest BCUT2D eigenvalue weighted by Crippen LogP contribution is -2.27. The van der Waals surface area contributed by atoms with E-state index >= 15 is 0 Å². The molecule has 0 aromatic heterocycles. The van der Waals surface area contributed by atoms with Crippen molar-refractivity contribution in [1.29, 1.82) is 0 Å². The van der Waals surface area contributed by atoms with Crippen LogP contribution in [-0.4, -0.2) is 10.2 Å². The quantitative estimate of drug-likeness (QED) is 0.529. The number of anilines is 1. The Bertz CT molecular complexity index is 806. The molecule has 0 unspecified atom stereocenters. The molecule has 0 saturated carbocycles. The van der Waals surface area contributed by atoms with E-state index in [0.29, 0.717) is 20.5 Å². The van der Waals surface area contributed by atoms with Crippen LogP contribution in [0, 0.1) is 5.82 Å². The first-order valence-electron chi connectivity index (χ1n) is 6.34. The second-order valence-corrected chi connectivity index (χ2v) is 7.05. The number of benzene rings is 2. The van der Waals surface area contributed by atoms with E-state index in [4.69, 9.17) is 12.2 Å². The highest BCUT2D eigenvalue weighted by molar-refractivity contribution is 9.10. The SMILES string of the molecule is O=C1/C(=C/c2cccc(F)c2)SC(=S)N1c1ccccc1Br. The molecule has 110 valence electrons. The molecule has 0 aliphatic carbocycles. The highest BCUT2D eigenvalue weighted by atomic mass is 79.9. The molecule has 1 amide bonds. The predicted molar refractivity (Wildman–Crippen MR) is 96.2 cm³/mol. The summed E-state index contributed by atoms with van der Waals surface area (Å²) in [6.45, 7) is 0. The van der Waals surface area contributed by atoms with E-state index in [1.165, 1.54) is 28.8 Å².